The van der Waals surface area contributed by atoms with Crippen LogP contribution in [0.1, 0.15) is 12.1 Å². The zero-order valence-corrected chi connectivity index (χ0v) is 10.4. The Labute approximate surface area is 111 Å². The van der Waals surface area contributed by atoms with Crippen molar-refractivity contribution >= 4 is 5.57 Å². The SMILES string of the molecule is N#CC(=C(O)CC[n+]1ccccc1)c1ccccn1. The molecule has 94 valence electrons. The maximum absolute atomic E-state index is 10.0. The van der Waals surface area contributed by atoms with Crippen LogP contribution in [0.15, 0.2) is 60.7 Å². The van der Waals surface area contributed by atoms with E-state index in [-0.39, 0.29) is 11.3 Å². The minimum Gasteiger partial charge on any atom is -0.511 e. The number of allylic oxidation sites excluding steroid dienone is 2. The molecule has 4 heteroatoms. The fourth-order valence-electron chi connectivity index (χ4n) is 1.72. The second-order valence-corrected chi connectivity index (χ2v) is 4.01. The van der Waals surface area contributed by atoms with E-state index in [2.05, 4.69) is 4.98 Å². The summed E-state index contributed by atoms with van der Waals surface area (Å²) in [4.78, 5) is 4.08. The molecular formula is C15H14N3O+. The Morgan fingerprint density at radius 1 is 1.21 bits per heavy atom. The lowest BCUT2D eigenvalue weighted by molar-refractivity contribution is -0.696. The monoisotopic (exact) mass is 252 g/mol. The van der Waals surface area contributed by atoms with Gasteiger partial charge in [0.1, 0.15) is 17.4 Å². The minimum absolute atomic E-state index is 0.0672. The third-order valence-electron chi connectivity index (χ3n) is 2.71. The normalized spacial score (nSPS) is 11.5. The average molecular weight is 252 g/mol. The molecule has 4 nitrogen and oxygen atoms in total. The second kappa shape index (κ2) is 6.31. The number of aliphatic hydroxyl groups is 1. The van der Waals surface area contributed by atoms with E-state index in [1.54, 1.807) is 24.4 Å². The molecule has 1 N–H and O–H groups in total. The zero-order valence-electron chi connectivity index (χ0n) is 10.4. The molecule has 0 saturated heterocycles. The first kappa shape index (κ1) is 12.8. The van der Waals surface area contributed by atoms with Gasteiger partial charge in [0.15, 0.2) is 18.9 Å². The molecule has 0 aliphatic rings. The molecule has 0 aromatic carbocycles. The average Bonchev–Trinajstić information content (AvgIpc) is 2.48. The highest BCUT2D eigenvalue weighted by Crippen LogP contribution is 2.16. The van der Waals surface area contributed by atoms with Crippen molar-refractivity contribution in [2.75, 3.05) is 0 Å². The summed E-state index contributed by atoms with van der Waals surface area (Å²) >= 11 is 0. The summed E-state index contributed by atoms with van der Waals surface area (Å²) in [6.07, 6.45) is 5.83. The fraction of sp³-hybridized carbons (Fsp3) is 0.133. The lowest BCUT2D eigenvalue weighted by atomic mass is 10.1. The van der Waals surface area contributed by atoms with E-state index in [0.29, 0.717) is 18.7 Å². The van der Waals surface area contributed by atoms with Crippen molar-refractivity contribution in [2.45, 2.75) is 13.0 Å². The maximum atomic E-state index is 10.0. The first-order valence-corrected chi connectivity index (χ1v) is 5.99. The maximum Gasteiger partial charge on any atom is 0.168 e. The Morgan fingerprint density at radius 2 is 2.00 bits per heavy atom. The van der Waals surface area contributed by atoms with Crippen LogP contribution in [0.3, 0.4) is 0 Å². The molecule has 2 aromatic rings. The van der Waals surface area contributed by atoms with Gasteiger partial charge in [-0.3, -0.25) is 4.98 Å². The van der Waals surface area contributed by atoms with Crippen LogP contribution in [0.25, 0.3) is 5.57 Å². The molecule has 0 bridgehead atoms. The van der Waals surface area contributed by atoms with Gasteiger partial charge in [0.05, 0.1) is 12.1 Å². The number of hydrogen-bond acceptors (Lipinski definition) is 3. The van der Waals surface area contributed by atoms with E-state index >= 15 is 0 Å². The number of nitriles is 1. The lowest BCUT2D eigenvalue weighted by Crippen LogP contribution is -2.32. The predicted octanol–water partition coefficient (Wildman–Crippen LogP) is 2.25. The molecule has 0 unspecified atom stereocenters. The van der Waals surface area contributed by atoms with Crippen molar-refractivity contribution in [3.63, 3.8) is 0 Å². The van der Waals surface area contributed by atoms with Crippen molar-refractivity contribution in [2.24, 2.45) is 0 Å². The quantitative estimate of drug-likeness (QED) is 0.516. The Balaban J connectivity index is 2.14. The molecule has 0 amide bonds. The lowest BCUT2D eigenvalue weighted by Gasteiger charge is -2.02. The van der Waals surface area contributed by atoms with Gasteiger partial charge < -0.3 is 5.11 Å². The van der Waals surface area contributed by atoms with Crippen molar-refractivity contribution in [3.05, 3.63) is 66.4 Å². The van der Waals surface area contributed by atoms with Crippen molar-refractivity contribution in [1.82, 2.24) is 4.98 Å². The van der Waals surface area contributed by atoms with Crippen LogP contribution in [0.4, 0.5) is 0 Å². The Bertz CT molecular complexity index is 600. The summed E-state index contributed by atoms with van der Waals surface area (Å²) in [7, 11) is 0. The van der Waals surface area contributed by atoms with E-state index in [4.69, 9.17) is 5.26 Å². The van der Waals surface area contributed by atoms with Crippen LogP contribution >= 0.6 is 0 Å². The fourth-order valence-corrected chi connectivity index (χ4v) is 1.72. The van der Waals surface area contributed by atoms with E-state index in [0.717, 1.165) is 0 Å². The second-order valence-electron chi connectivity index (χ2n) is 4.01. The number of aromatic nitrogens is 2. The summed E-state index contributed by atoms with van der Waals surface area (Å²) < 4.78 is 1.95. The predicted molar refractivity (Wildman–Crippen MR) is 70.7 cm³/mol. The highest BCUT2D eigenvalue weighted by molar-refractivity contribution is 5.75. The number of aryl methyl sites for hydroxylation is 1. The van der Waals surface area contributed by atoms with Gasteiger partial charge in [0, 0.05) is 18.3 Å². The largest absolute Gasteiger partial charge is 0.511 e. The Hall–Kier alpha value is -2.67. The van der Waals surface area contributed by atoms with Crippen LogP contribution in [0.5, 0.6) is 0 Å². The van der Waals surface area contributed by atoms with Gasteiger partial charge in [-0.15, -0.1) is 0 Å². The number of nitrogens with zero attached hydrogens (tertiary/aromatic N) is 3. The van der Waals surface area contributed by atoms with E-state index in [9.17, 15) is 5.11 Å². The molecule has 0 aliphatic heterocycles. The van der Waals surface area contributed by atoms with Gasteiger partial charge in [-0.25, -0.2) is 4.57 Å². The topological polar surface area (TPSA) is 60.8 Å². The number of pyridine rings is 2. The summed E-state index contributed by atoms with van der Waals surface area (Å²) in [6, 6.07) is 13.1. The number of aliphatic hydroxyl groups excluding tert-OH is 1. The van der Waals surface area contributed by atoms with E-state index in [1.807, 2.05) is 41.2 Å². The molecule has 2 heterocycles. The van der Waals surface area contributed by atoms with Crippen LogP contribution < -0.4 is 4.57 Å². The Morgan fingerprint density at radius 3 is 2.63 bits per heavy atom. The number of rotatable bonds is 4. The third-order valence-corrected chi connectivity index (χ3v) is 2.71. The summed E-state index contributed by atoms with van der Waals surface area (Å²) in [6.45, 7) is 0.616. The van der Waals surface area contributed by atoms with Gasteiger partial charge in [-0.2, -0.15) is 5.26 Å². The van der Waals surface area contributed by atoms with Crippen molar-refractivity contribution < 1.29 is 9.67 Å². The highest BCUT2D eigenvalue weighted by atomic mass is 16.3. The van der Waals surface area contributed by atoms with Gasteiger partial charge >= 0.3 is 0 Å². The highest BCUT2D eigenvalue weighted by Gasteiger charge is 2.11. The third kappa shape index (κ3) is 3.39. The summed E-state index contributed by atoms with van der Waals surface area (Å²) in [5.41, 5.74) is 0.734. The van der Waals surface area contributed by atoms with Crippen LogP contribution in [-0.4, -0.2) is 10.1 Å². The van der Waals surface area contributed by atoms with Crippen LogP contribution in [0, 0.1) is 11.3 Å². The van der Waals surface area contributed by atoms with E-state index < -0.39 is 0 Å². The first-order valence-electron chi connectivity index (χ1n) is 5.99. The smallest absolute Gasteiger partial charge is 0.168 e. The van der Waals surface area contributed by atoms with Crippen molar-refractivity contribution in [1.29, 1.82) is 5.26 Å². The van der Waals surface area contributed by atoms with Gasteiger partial charge in [-0.05, 0) is 12.1 Å². The first-order chi connectivity index (χ1) is 9.31. The molecule has 0 spiro atoms. The van der Waals surface area contributed by atoms with E-state index in [1.165, 1.54) is 0 Å². The molecule has 2 aromatic heterocycles. The van der Waals surface area contributed by atoms with Crippen molar-refractivity contribution in [3.8, 4) is 6.07 Å². The molecular weight excluding hydrogens is 238 g/mol. The molecule has 19 heavy (non-hydrogen) atoms. The minimum atomic E-state index is 0.0672. The summed E-state index contributed by atoms with van der Waals surface area (Å²) in [5.74, 6) is 0.0672. The van der Waals surface area contributed by atoms with Gasteiger partial charge in [0.2, 0.25) is 0 Å². The molecule has 0 atom stereocenters. The number of hydrogen-bond donors (Lipinski definition) is 1. The van der Waals surface area contributed by atoms with Crippen LogP contribution in [-0.2, 0) is 6.54 Å². The summed E-state index contributed by atoms with van der Waals surface area (Å²) in [5, 5.41) is 19.2. The molecule has 0 fully saturated rings. The molecule has 2 rings (SSSR count). The van der Waals surface area contributed by atoms with Gasteiger partial charge in [0.25, 0.3) is 0 Å². The molecule has 0 radical (unpaired) electrons. The standard InChI is InChI=1S/C15H13N3O/c16-12-13(14-6-2-3-8-17-14)15(19)7-11-18-9-4-1-5-10-18/h1-6,8-10H,7,11H2/p+1. The molecule has 0 saturated carbocycles. The molecule has 0 aliphatic carbocycles. The zero-order chi connectivity index (χ0) is 13.5. The Kier molecular flexibility index (Phi) is 4.25. The van der Waals surface area contributed by atoms with Gasteiger partial charge in [-0.1, -0.05) is 12.1 Å². The van der Waals surface area contributed by atoms with Crippen LogP contribution in [0.2, 0.25) is 0 Å².